The lowest BCUT2D eigenvalue weighted by Crippen LogP contribution is -2.41. The second-order valence-electron chi connectivity index (χ2n) is 3.40. The molecule has 1 unspecified atom stereocenters. The summed E-state index contributed by atoms with van der Waals surface area (Å²) in [7, 11) is 1.23. The molecule has 4 amide bonds. The lowest BCUT2D eigenvalue weighted by atomic mass is 10.2. The molecule has 0 aromatic carbocycles. The van der Waals surface area contributed by atoms with E-state index in [4.69, 9.17) is 0 Å². The van der Waals surface area contributed by atoms with Crippen molar-refractivity contribution in [2.75, 3.05) is 13.7 Å². The van der Waals surface area contributed by atoms with Crippen LogP contribution in [0.25, 0.3) is 0 Å². The molecule has 0 saturated carbocycles. The molecule has 8 nitrogen and oxygen atoms in total. The van der Waals surface area contributed by atoms with E-state index < -0.39 is 23.9 Å². The second kappa shape index (κ2) is 5.83. The van der Waals surface area contributed by atoms with Gasteiger partial charge >= 0.3 is 12.0 Å². The maximum Gasteiger partial charge on any atom is 0.322 e. The fraction of sp³-hybridized carbons (Fsp3) is 0.556. The highest BCUT2D eigenvalue weighted by Crippen LogP contribution is 1.94. The van der Waals surface area contributed by atoms with Gasteiger partial charge in [0.1, 0.15) is 6.04 Å². The molecule has 1 atom stereocenters. The van der Waals surface area contributed by atoms with Crippen LogP contribution >= 0.6 is 0 Å². The first-order chi connectivity index (χ1) is 8.02. The van der Waals surface area contributed by atoms with E-state index in [2.05, 4.69) is 15.4 Å². The predicted molar refractivity (Wildman–Crippen MR) is 54.7 cm³/mol. The minimum atomic E-state index is -0.760. The molecule has 1 aliphatic rings. The van der Waals surface area contributed by atoms with Crippen LogP contribution in [0.1, 0.15) is 12.8 Å². The van der Waals surface area contributed by atoms with Gasteiger partial charge in [-0.3, -0.25) is 19.7 Å². The Hall–Kier alpha value is -2.12. The molecule has 94 valence electrons. The highest BCUT2D eigenvalue weighted by molar-refractivity contribution is 6.04. The fourth-order valence-electron chi connectivity index (χ4n) is 1.22. The van der Waals surface area contributed by atoms with Crippen molar-refractivity contribution >= 4 is 23.8 Å². The number of hydrogen-bond donors (Lipinski definition) is 3. The Morgan fingerprint density at radius 1 is 1.35 bits per heavy atom. The van der Waals surface area contributed by atoms with Crippen LogP contribution < -0.4 is 16.0 Å². The van der Waals surface area contributed by atoms with Gasteiger partial charge in [0.25, 0.3) is 5.91 Å². The van der Waals surface area contributed by atoms with Crippen LogP contribution in [0.15, 0.2) is 0 Å². The van der Waals surface area contributed by atoms with E-state index >= 15 is 0 Å². The lowest BCUT2D eigenvalue weighted by molar-refractivity contribution is -0.142. The van der Waals surface area contributed by atoms with Crippen LogP contribution in [0.3, 0.4) is 0 Å². The SMILES string of the molecule is COC(=O)CCC(=O)NCC1NC(=O)NC1=O. The van der Waals surface area contributed by atoms with E-state index in [-0.39, 0.29) is 25.3 Å². The Bertz CT molecular complexity index is 355. The van der Waals surface area contributed by atoms with Gasteiger partial charge in [0, 0.05) is 13.0 Å². The molecule has 1 rings (SSSR count). The molecular weight excluding hydrogens is 230 g/mol. The Morgan fingerprint density at radius 3 is 2.59 bits per heavy atom. The largest absolute Gasteiger partial charge is 0.469 e. The molecular formula is C9H13N3O5. The molecule has 1 fully saturated rings. The van der Waals surface area contributed by atoms with Gasteiger partial charge < -0.3 is 15.4 Å². The number of carbonyl (C=O) groups is 4. The fourth-order valence-corrected chi connectivity index (χ4v) is 1.22. The molecule has 0 bridgehead atoms. The zero-order valence-electron chi connectivity index (χ0n) is 9.24. The minimum absolute atomic E-state index is 0.00240. The number of nitrogens with one attached hydrogen (secondary N) is 3. The van der Waals surface area contributed by atoms with E-state index in [9.17, 15) is 19.2 Å². The first-order valence-electron chi connectivity index (χ1n) is 4.98. The summed E-state index contributed by atoms with van der Waals surface area (Å²) in [6.07, 6.45) is -0.0412. The number of urea groups is 1. The molecule has 0 radical (unpaired) electrons. The summed E-state index contributed by atoms with van der Waals surface area (Å²) in [6, 6.07) is -1.34. The van der Waals surface area contributed by atoms with Crippen molar-refractivity contribution in [3.8, 4) is 0 Å². The molecule has 0 spiro atoms. The van der Waals surface area contributed by atoms with Crippen LogP contribution in [0.4, 0.5) is 4.79 Å². The van der Waals surface area contributed by atoms with E-state index in [0.717, 1.165) is 0 Å². The maximum atomic E-state index is 11.2. The highest BCUT2D eigenvalue weighted by atomic mass is 16.5. The van der Waals surface area contributed by atoms with Crippen LogP contribution in [0.5, 0.6) is 0 Å². The zero-order valence-corrected chi connectivity index (χ0v) is 9.24. The Kier molecular flexibility index (Phi) is 4.44. The number of amides is 4. The quantitative estimate of drug-likeness (QED) is 0.392. The standard InChI is InChI=1S/C9H13N3O5/c1-17-7(14)3-2-6(13)10-4-5-8(15)12-9(16)11-5/h5H,2-4H2,1H3,(H,10,13)(H2,11,12,15,16). The maximum absolute atomic E-state index is 11.2. The molecule has 0 aromatic heterocycles. The molecule has 17 heavy (non-hydrogen) atoms. The molecule has 0 aromatic rings. The predicted octanol–water partition coefficient (Wildman–Crippen LogP) is -1.74. The third-order valence-electron chi connectivity index (χ3n) is 2.15. The van der Waals surface area contributed by atoms with E-state index in [0.29, 0.717) is 0 Å². The van der Waals surface area contributed by atoms with Crippen molar-refractivity contribution in [2.24, 2.45) is 0 Å². The summed E-state index contributed by atoms with van der Waals surface area (Å²) >= 11 is 0. The smallest absolute Gasteiger partial charge is 0.322 e. The van der Waals surface area contributed by atoms with Gasteiger partial charge in [-0.15, -0.1) is 0 Å². The minimum Gasteiger partial charge on any atom is -0.469 e. The van der Waals surface area contributed by atoms with Gasteiger partial charge in [0.15, 0.2) is 0 Å². The summed E-state index contributed by atoms with van der Waals surface area (Å²) in [6.45, 7) is -0.00240. The molecule has 1 saturated heterocycles. The first kappa shape index (κ1) is 12.9. The third kappa shape index (κ3) is 4.09. The molecule has 3 N–H and O–H groups in total. The zero-order chi connectivity index (χ0) is 12.8. The normalized spacial score (nSPS) is 18.3. The van der Waals surface area contributed by atoms with Crippen molar-refractivity contribution in [1.29, 1.82) is 0 Å². The summed E-state index contributed by atoms with van der Waals surface area (Å²) in [5.74, 6) is -1.35. The summed E-state index contributed by atoms with van der Waals surface area (Å²) < 4.78 is 4.37. The summed E-state index contributed by atoms with van der Waals surface area (Å²) in [5, 5.41) is 6.80. The van der Waals surface area contributed by atoms with Crippen molar-refractivity contribution < 1.29 is 23.9 Å². The first-order valence-corrected chi connectivity index (χ1v) is 4.98. The van der Waals surface area contributed by atoms with E-state index in [1.807, 2.05) is 5.32 Å². The average molecular weight is 243 g/mol. The van der Waals surface area contributed by atoms with Gasteiger partial charge in [-0.1, -0.05) is 0 Å². The number of imide groups is 1. The summed E-state index contributed by atoms with van der Waals surface area (Å²) in [5.41, 5.74) is 0. The van der Waals surface area contributed by atoms with Crippen molar-refractivity contribution in [2.45, 2.75) is 18.9 Å². The topological polar surface area (TPSA) is 114 Å². The van der Waals surface area contributed by atoms with Crippen LogP contribution in [0, 0.1) is 0 Å². The average Bonchev–Trinajstić information content (AvgIpc) is 2.62. The lowest BCUT2D eigenvalue weighted by Gasteiger charge is -2.08. The van der Waals surface area contributed by atoms with Crippen LogP contribution in [0.2, 0.25) is 0 Å². The van der Waals surface area contributed by atoms with Gasteiger partial charge in [0.05, 0.1) is 13.5 Å². The second-order valence-corrected chi connectivity index (χ2v) is 3.40. The molecule has 1 heterocycles. The van der Waals surface area contributed by atoms with Gasteiger partial charge in [0.2, 0.25) is 5.91 Å². The van der Waals surface area contributed by atoms with Crippen LogP contribution in [-0.4, -0.2) is 43.5 Å². The monoisotopic (exact) mass is 243 g/mol. The van der Waals surface area contributed by atoms with Gasteiger partial charge in [-0.2, -0.15) is 0 Å². The Balaban J connectivity index is 2.22. The number of methoxy groups -OCH3 is 1. The number of hydrogen-bond acceptors (Lipinski definition) is 5. The Morgan fingerprint density at radius 2 is 2.06 bits per heavy atom. The van der Waals surface area contributed by atoms with Crippen molar-refractivity contribution in [3.63, 3.8) is 0 Å². The third-order valence-corrected chi connectivity index (χ3v) is 2.15. The number of esters is 1. The molecule has 0 aliphatic carbocycles. The van der Waals surface area contributed by atoms with Crippen molar-refractivity contribution in [1.82, 2.24) is 16.0 Å². The van der Waals surface area contributed by atoms with Crippen molar-refractivity contribution in [3.05, 3.63) is 0 Å². The van der Waals surface area contributed by atoms with Gasteiger partial charge in [-0.05, 0) is 0 Å². The number of ether oxygens (including phenoxy) is 1. The number of carbonyl (C=O) groups excluding carboxylic acids is 4. The van der Waals surface area contributed by atoms with E-state index in [1.165, 1.54) is 7.11 Å². The molecule has 1 aliphatic heterocycles. The van der Waals surface area contributed by atoms with Crippen LogP contribution in [-0.2, 0) is 19.1 Å². The molecule has 8 heteroatoms. The summed E-state index contributed by atoms with van der Waals surface area (Å²) in [4.78, 5) is 43.8. The van der Waals surface area contributed by atoms with E-state index in [1.54, 1.807) is 0 Å². The highest BCUT2D eigenvalue weighted by Gasteiger charge is 2.29. The number of rotatable bonds is 5. The Labute approximate surface area is 97.1 Å². The van der Waals surface area contributed by atoms with Gasteiger partial charge in [-0.25, -0.2) is 4.79 Å².